The van der Waals surface area contributed by atoms with E-state index in [1.165, 1.54) is 24.5 Å². The Labute approximate surface area is 126 Å². The number of nitrogens with zero attached hydrogens (tertiary/aromatic N) is 3. The number of aromatic nitrogens is 1. The highest BCUT2D eigenvalue weighted by molar-refractivity contribution is 5.92. The van der Waals surface area contributed by atoms with Crippen LogP contribution in [-0.4, -0.2) is 22.0 Å². The summed E-state index contributed by atoms with van der Waals surface area (Å²) in [7, 11) is 0. The highest BCUT2D eigenvalue weighted by atomic mass is 16.6. The molecule has 1 aromatic carbocycles. The molecule has 110 valence electrons. The van der Waals surface area contributed by atoms with Gasteiger partial charge in [-0.05, 0) is 35.9 Å². The van der Waals surface area contributed by atoms with E-state index in [0.29, 0.717) is 0 Å². The number of non-ortho nitro benzene ring substituents is 1. The molecule has 2 aromatic rings. The van der Waals surface area contributed by atoms with Crippen molar-refractivity contribution in [2.24, 2.45) is 5.10 Å². The molecule has 0 radical (unpaired) electrons. The number of amides is 1. The van der Waals surface area contributed by atoms with Crippen molar-refractivity contribution >= 4 is 23.9 Å². The van der Waals surface area contributed by atoms with Crippen molar-refractivity contribution in [1.29, 1.82) is 0 Å². The monoisotopic (exact) mass is 296 g/mol. The van der Waals surface area contributed by atoms with Gasteiger partial charge in [0, 0.05) is 24.5 Å². The number of nitrogens with one attached hydrogen (secondary N) is 1. The van der Waals surface area contributed by atoms with Crippen LogP contribution in [0.2, 0.25) is 0 Å². The van der Waals surface area contributed by atoms with Crippen LogP contribution in [0.25, 0.3) is 6.08 Å². The second kappa shape index (κ2) is 7.44. The Hall–Kier alpha value is -3.35. The lowest BCUT2D eigenvalue weighted by molar-refractivity contribution is -0.384. The third-order valence-electron chi connectivity index (χ3n) is 2.62. The molecule has 0 bridgehead atoms. The number of carbonyl (C=O) groups is 1. The average Bonchev–Trinajstić information content (AvgIpc) is 2.55. The van der Waals surface area contributed by atoms with E-state index < -0.39 is 10.8 Å². The summed E-state index contributed by atoms with van der Waals surface area (Å²) in [5.74, 6) is -0.402. The molecule has 0 atom stereocenters. The summed E-state index contributed by atoms with van der Waals surface area (Å²) in [6, 6.07) is 11.1. The van der Waals surface area contributed by atoms with Crippen LogP contribution in [0.1, 0.15) is 16.1 Å². The normalized spacial score (nSPS) is 10.9. The molecular formula is C15H12N4O3. The van der Waals surface area contributed by atoms with Crippen LogP contribution in [0.4, 0.5) is 5.69 Å². The molecule has 1 aromatic heterocycles. The van der Waals surface area contributed by atoms with E-state index in [1.54, 1.807) is 42.5 Å². The molecule has 2 rings (SSSR count). The van der Waals surface area contributed by atoms with Crippen molar-refractivity contribution in [3.63, 3.8) is 0 Å². The molecule has 7 heteroatoms. The van der Waals surface area contributed by atoms with E-state index in [4.69, 9.17) is 0 Å². The fourth-order valence-electron chi connectivity index (χ4n) is 1.55. The lowest BCUT2D eigenvalue weighted by Gasteiger charge is -1.96. The zero-order valence-corrected chi connectivity index (χ0v) is 11.4. The SMILES string of the molecule is O=C(NN=CC=Cc1ccc([N+](=O)[O-])cc1)c1ccccn1. The van der Waals surface area contributed by atoms with Gasteiger partial charge in [-0.25, -0.2) is 5.43 Å². The van der Waals surface area contributed by atoms with Crippen LogP contribution in [-0.2, 0) is 0 Å². The number of hydrazone groups is 1. The van der Waals surface area contributed by atoms with Crippen molar-refractivity contribution in [2.75, 3.05) is 0 Å². The summed E-state index contributed by atoms with van der Waals surface area (Å²) in [6.45, 7) is 0. The molecule has 0 fully saturated rings. The number of carbonyl (C=O) groups excluding carboxylic acids is 1. The van der Waals surface area contributed by atoms with E-state index >= 15 is 0 Å². The number of hydrogen-bond acceptors (Lipinski definition) is 5. The number of allylic oxidation sites excluding steroid dienone is 1. The summed E-state index contributed by atoms with van der Waals surface area (Å²) in [4.78, 5) is 25.5. The summed E-state index contributed by atoms with van der Waals surface area (Å²) in [5.41, 5.74) is 3.43. The molecule has 0 saturated heterocycles. The number of rotatable bonds is 5. The summed E-state index contributed by atoms with van der Waals surface area (Å²) < 4.78 is 0. The van der Waals surface area contributed by atoms with Crippen LogP contribution < -0.4 is 5.43 Å². The Morgan fingerprint density at radius 3 is 2.64 bits per heavy atom. The lowest BCUT2D eigenvalue weighted by Crippen LogP contribution is -2.18. The topological polar surface area (TPSA) is 97.5 Å². The summed E-state index contributed by atoms with van der Waals surface area (Å²) >= 11 is 0. The predicted octanol–water partition coefficient (Wildman–Crippen LogP) is 2.42. The van der Waals surface area contributed by atoms with Crippen molar-refractivity contribution in [3.05, 3.63) is 76.1 Å². The molecule has 0 aliphatic carbocycles. The van der Waals surface area contributed by atoms with E-state index in [2.05, 4.69) is 15.5 Å². The molecule has 0 saturated carbocycles. The predicted molar refractivity (Wildman–Crippen MR) is 82.3 cm³/mol. The maximum atomic E-state index is 11.6. The number of hydrogen-bond donors (Lipinski definition) is 1. The summed E-state index contributed by atoms with van der Waals surface area (Å²) in [6.07, 6.45) is 6.25. The minimum atomic E-state index is -0.456. The number of nitro benzene ring substituents is 1. The van der Waals surface area contributed by atoms with Gasteiger partial charge >= 0.3 is 0 Å². The second-order valence-corrected chi connectivity index (χ2v) is 4.14. The van der Waals surface area contributed by atoms with Crippen molar-refractivity contribution in [3.8, 4) is 0 Å². The first-order valence-electron chi connectivity index (χ1n) is 6.32. The van der Waals surface area contributed by atoms with Gasteiger partial charge in [-0.3, -0.25) is 19.9 Å². The second-order valence-electron chi connectivity index (χ2n) is 4.14. The van der Waals surface area contributed by atoms with Gasteiger partial charge in [0.05, 0.1) is 4.92 Å². The average molecular weight is 296 g/mol. The van der Waals surface area contributed by atoms with Gasteiger partial charge in [-0.15, -0.1) is 0 Å². The Morgan fingerprint density at radius 2 is 2.00 bits per heavy atom. The third kappa shape index (κ3) is 4.34. The third-order valence-corrected chi connectivity index (χ3v) is 2.62. The molecule has 1 amide bonds. The Bertz CT molecular complexity index is 709. The smallest absolute Gasteiger partial charge is 0.266 e. The van der Waals surface area contributed by atoms with Crippen LogP contribution in [0.5, 0.6) is 0 Å². The largest absolute Gasteiger partial charge is 0.289 e. The highest BCUT2D eigenvalue weighted by Crippen LogP contribution is 2.12. The van der Waals surface area contributed by atoms with Gasteiger partial charge in [-0.1, -0.05) is 12.1 Å². The molecular weight excluding hydrogens is 284 g/mol. The molecule has 0 aliphatic rings. The molecule has 0 unspecified atom stereocenters. The van der Waals surface area contributed by atoms with Gasteiger partial charge in [0.15, 0.2) is 0 Å². The Kier molecular flexibility index (Phi) is 5.09. The quantitative estimate of drug-likeness (QED) is 0.520. The first-order chi connectivity index (χ1) is 10.7. The van der Waals surface area contributed by atoms with E-state index in [0.717, 1.165) is 5.56 Å². The van der Waals surface area contributed by atoms with Gasteiger partial charge < -0.3 is 0 Å². The highest BCUT2D eigenvalue weighted by Gasteiger charge is 2.03. The molecule has 7 nitrogen and oxygen atoms in total. The maximum Gasteiger partial charge on any atom is 0.289 e. The fraction of sp³-hybridized carbons (Fsp3) is 0. The number of benzene rings is 1. The van der Waals surface area contributed by atoms with Gasteiger partial charge in [0.2, 0.25) is 0 Å². The molecule has 22 heavy (non-hydrogen) atoms. The van der Waals surface area contributed by atoms with Crippen molar-refractivity contribution in [2.45, 2.75) is 0 Å². The van der Waals surface area contributed by atoms with Gasteiger partial charge in [0.25, 0.3) is 11.6 Å². The lowest BCUT2D eigenvalue weighted by atomic mass is 10.2. The maximum absolute atomic E-state index is 11.6. The van der Waals surface area contributed by atoms with Crippen molar-refractivity contribution in [1.82, 2.24) is 10.4 Å². The number of nitro groups is 1. The Morgan fingerprint density at radius 1 is 1.23 bits per heavy atom. The first-order valence-corrected chi connectivity index (χ1v) is 6.32. The zero-order chi connectivity index (χ0) is 15.8. The zero-order valence-electron chi connectivity index (χ0n) is 11.4. The fourth-order valence-corrected chi connectivity index (χ4v) is 1.55. The molecule has 1 N–H and O–H groups in total. The standard InChI is InChI=1S/C15H12N4O3/c20-15(14-5-1-2-10-16-14)18-17-11-3-4-12-6-8-13(9-7-12)19(21)22/h1-11H,(H,18,20). The Balaban J connectivity index is 1.87. The molecule has 0 aliphatic heterocycles. The minimum Gasteiger partial charge on any atom is -0.266 e. The van der Waals surface area contributed by atoms with E-state index in [-0.39, 0.29) is 11.4 Å². The molecule has 1 heterocycles. The van der Waals surface area contributed by atoms with Crippen LogP contribution in [0.15, 0.2) is 59.8 Å². The van der Waals surface area contributed by atoms with Crippen molar-refractivity contribution < 1.29 is 9.72 Å². The van der Waals surface area contributed by atoms with Gasteiger partial charge in [-0.2, -0.15) is 5.10 Å². The van der Waals surface area contributed by atoms with Crippen LogP contribution in [0, 0.1) is 10.1 Å². The first kappa shape index (κ1) is 15.0. The molecule has 0 spiro atoms. The summed E-state index contributed by atoms with van der Waals surface area (Å²) in [5, 5.41) is 14.3. The van der Waals surface area contributed by atoms with E-state index in [1.807, 2.05) is 0 Å². The number of pyridine rings is 1. The van der Waals surface area contributed by atoms with Crippen LogP contribution in [0.3, 0.4) is 0 Å². The minimum absolute atomic E-state index is 0.0356. The van der Waals surface area contributed by atoms with Crippen LogP contribution >= 0.6 is 0 Å². The van der Waals surface area contributed by atoms with E-state index in [9.17, 15) is 14.9 Å². The van der Waals surface area contributed by atoms with Gasteiger partial charge in [0.1, 0.15) is 5.69 Å².